The summed E-state index contributed by atoms with van der Waals surface area (Å²) >= 11 is 1.63. The summed E-state index contributed by atoms with van der Waals surface area (Å²) in [5.41, 5.74) is 0.833. The van der Waals surface area contributed by atoms with Gasteiger partial charge in [-0.1, -0.05) is 56.7 Å². The van der Waals surface area contributed by atoms with Gasteiger partial charge in [-0.25, -0.2) is 0 Å². The third-order valence-electron chi connectivity index (χ3n) is 8.34. The second-order valence-corrected chi connectivity index (χ2v) is 12.6. The predicted molar refractivity (Wildman–Crippen MR) is 166 cm³/mol. The SMILES string of the molecule is CC[C@H](C)[C@@H]1NC(=O)CN(C(=O)CCCc2cccs2)CCNC(=O)[C@H](Cc2ccccc2)NC(=O)[C@@H]2C[C@@H](O)CN2C1=O. The zero-order chi connectivity index (χ0) is 31.6. The third-order valence-corrected chi connectivity index (χ3v) is 9.27. The number of nitrogens with zero attached hydrogens (tertiary/aromatic N) is 2. The lowest BCUT2D eigenvalue weighted by molar-refractivity contribution is -0.143. The minimum atomic E-state index is -1.00. The molecule has 12 heteroatoms. The van der Waals surface area contributed by atoms with Crippen LogP contribution in [0.25, 0.3) is 0 Å². The molecule has 1 aromatic carbocycles. The second kappa shape index (κ2) is 15.8. The zero-order valence-corrected chi connectivity index (χ0v) is 26.2. The molecule has 2 saturated heterocycles. The molecule has 0 saturated carbocycles. The van der Waals surface area contributed by atoms with Gasteiger partial charge in [-0.2, -0.15) is 0 Å². The standard InChI is InChI=1S/C32H43N5O6S/c1-3-21(2)29-32(43)37-19-23(38)18-26(37)31(42)34-25(17-22-9-5-4-6-10-22)30(41)33-14-15-36(20-27(39)35-29)28(40)13-7-11-24-12-8-16-44-24/h4-6,8-10,12,16,21,23,25-26,29,38H,3,7,11,13-15,17-20H2,1-2H3,(H,33,41)(H,34,42)(H,35,39)/t21-,23+,25-,26-,29-/m0/s1. The first-order valence-electron chi connectivity index (χ1n) is 15.4. The maximum atomic E-state index is 13.9. The Labute approximate surface area is 262 Å². The normalized spacial score (nSPS) is 24.4. The number of aryl methyl sites for hydroxylation is 1. The molecule has 2 aromatic rings. The molecule has 4 rings (SSSR count). The number of benzene rings is 1. The fraction of sp³-hybridized carbons (Fsp3) is 0.531. The highest BCUT2D eigenvalue weighted by molar-refractivity contribution is 7.09. The van der Waals surface area contributed by atoms with Crippen LogP contribution in [0.3, 0.4) is 0 Å². The van der Waals surface area contributed by atoms with Crippen molar-refractivity contribution in [2.24, 2.45) is 5.92 Å². The molecule has 2 aliphatic heterocycles. The van der Waals surface area contributed by atoms with Gasteiger partial charge >= 0.3 is 0 Å². The smallest absolute Gasteiger partial charge is 0.246 e. The van der Waals surface area contributed by atoms with Gasteiger partial charge < -0.3 is 30.9 Å². The van der Waals surface area contributed by atoms with Crippen LogP contribution in [-0.2, 0) is 36.8 Å². The fourth-order valence-corrected chi connectivity index (χ4v) is 6.39. The van der Waals surface area contributed by atoms with Crippen molar-refractivity contribution >= 4 is 40.9 Å². The number of fused-ring (bicyclic) bond motifs is 1. The molecule has 11 nitrogen and oxygen atoms in total. The maximum Gasteiger partial charge on any atom is 0.246 e. The van der Waals surface area contributed by atoms with Crippen molar-refractivity contribution in [1.29, 1.82) is 0 Å². The lowest BCUT2D eigenvalue weighted by atomic mass is 9.97. The third kappa shape index (κ3) is 8.88. The van der Waals surface area contributed by atoms with E-state index < -0.39 is 47.9 Å². The van der Waals surface area contributed by atoms with Gasteiger partial charge in [0.1, 0.15) is 18.1 Å². The number of carbonyl (C=O) groups excluding carboxylic acids is 5. The van der Waals surface area contributed by atoms with Gasteiger partial charge in [0.25, 0.3) is 0 Å². The largest absolute Gasteiger partial charge is 0.391 e. The molecule has 0 aliphatic carbocycles. The van der Waals surface area contributed by atoms with E-state index in [1.54, 1.807) is 11.3 Å². The fourth-order valence-electron chi connectivity index (χ4n) is 5.64. The summed E-state index contributed by atoms with van der Waals surface area (Å²) in [7, 11) is 0. The average Bonchev–Trinajstić information content (AvgIpc) is 3.68. The molecule has 0 radical (unpaired) electrons. The van der Waals surface area contributed by atoms with Gasteiger partial charge in [-0.3, -0.25) is 24.0 Å². The minimum absolute atomic E-state index is 0.0200. The predicted octanol–water partition coefficient (Wildman–Crippen LogP) is 1.25. The molecule has 44 heavy (non-hydrogen) atoms. The lowest BCUT2D eigenvalue weighted by Gasteiger charge is -2.32. The molecular weight excluding hydrogens is 582 g/mol. The highest BCUT2D eigenvalue weighted by Crippen LogP contribution is 2.23. The first-order chi connectivity index (χ1) is 21.2. The Morgan fingerprint density at radius 2 is 1.84 bits per heavy atom. The average molecular weight is 626 g/mol. The van der Waals surface area contributed by atoms with E-state index in [9.17, 15) is 29.1 Å². The van der Waals surface area contributed by atoms with E-state index in [1.807, 2.05) is 61.7 Å². The van der Waals surface area contributed by atoms with Gasteiger partial charge in [0.15, 0.2) is 0 Å². The molecule has 4 N–H and O–H groups in total. The molecule has 0 spiro atoms. The molecular formula is C32H43N5O6S. The topological polar surface area (TPSA) is 148 Å². The second-order valence-electron chi connectivity index (χ2n) is 11.6. The number of rotatable bonds is 8. The maximum absolute atomic E-state index is 13.9. The number of aliphatic hydroxyl groups excluding tert-OH is 1. The van der Waals surface area contributed by atoms with E-state index >= 15 is 0 Å². The van der Waals surface area contributed by atoms with Crippen LogP contribution in [0.5, 0.6) is 0 Å². The van der Waals surface area contributed by atoms with Crippen LogP contribution in [0.15, 0.2) is 47.8 Å². The number of hydrogen-bond donors (Lipinski definition) is 4. The van der Waals surface area contributed by atoms with Gasteiger partial charge in [0.2, 0.25) is 29.5 Å². The summed E-state index contributed by atoms with van der Waals surface area (Å²) in [5.74, 6) is -2.46. The minimum Gasteiger partial charge on any atom is -0.391 e. The Morgan fingerprint density at radius 3 is 2.55 bits per heavy atom. The molecule has 1 aromatic heterocycles. The molecule has 5 atom stereocenters. The van der Waals surface area contributed by atoms with Crippen molar-refractivity contribution < 1.29 is 29.1 Å². The summed E-state index contributed by atoms with van der Waals surface area (Å²) in [6, 6.07) is 10.3. The number of amides is 5. The number of nitrogens with one attached hydrogen (secondary N) is 3. The van der Waals surface area contributed by atoms with Crippen molar-refractivity contribution in [2.75, 3.05) is 26.2 Å². The van der Waals surface area contributed by atoms with Crippen molar-refractivity contribution in [3.05, 3.63) is 58.3 Å². The number of hydrogen-bond acceptors (Lipinski definition) is 7. The Hall–Kier alpha value is -3.77. The van der Waals surface area contributed by atoms with E-state index in [2.05, 4.69) is 16.0 Å². The number of carbonyl (C=O) groups is 5. The molecule has 238 valence electrons. The first-order valence-corrected chi connectivity index (χ1v) is 16.2. The highest BCUT2D eigenvalue weighted by atomic mass is 32.1. The Bertz CT molecular complexity index is 1290. The Balaban J connectivity index is 1.59. The number of aliphatic hydroxyl groups is 1. The van der Waals surface area contributed by atoms with Gasteiger partial charge in [0, 0.05) is 43.8 Å². The van der Waals surface area contributed by atoms with Gasteiger partial charge in [0.05, 0.1) is 12.6 Å². The van der Waals surface area contributed by atoms with Crippen LogP contribution < -0.4 is 16.0 Å². The zero-order valence-electron chi connectivity index (χ0n) is 25.4. The van der Waals surface area contributed by atoms with Crippen molar-refractivity contribution in [3.8, 4) is 0 Å². The monoisotopic (exact) mass is 625 g/mol. The van der Waals surface area contributed by atoms with Crippen molar-refractivity contribution in [2.45, 2.75) is 76.6 Å². The summed E-state index contributed by atoms with van der Waals surface area (Å²) < 4.78 is 0. The van der Waals surface area contributed by atoms with E-state index in [1.165, 1.54) is 14.7 Å². The van der Waals surface area contributed by atoms with Crippen LogP contribution in [0, 0.1) is 5.92 Å². The molecule has 2 aliphatic rings. The quantitative estimate of drug-likeness (QED) is 0.347. The molecule has 3 heterocycles. The lowest BCUT2D eigenvalue weighted by Crippen LogP contribution is -2.58. The molecule has 2 fully saturated rings. The van der Waals surface area contributed by atoms with Crippen LogP contribution in [0.1, 0.15) is 50.0 Å². The Morgan fingerprint density at radius 1 is 1.07 bits per heavy atom. The van der Waals surface area contributed by atoms with Gasteiger partial charge in [-0.05, 0) is 35.8 Å². The summed E-state index contributed by atoms with van der Waals surface area (Å²) in [6.07, 6.45) is 1.47. The summed E-state index contributed by atoms with van der Waals surface area (Å²) in [6.45, 7) is 3.56. The highest BCUT2D eigenvalue weighted by Gasteiger charge is 2.43. The first kappa shape index (κ1) is 33.1. The molecule has 0 bridgehead atoms. The Kier molecular flexibility index (Phi) is 11.9. The van der Waals surface area contributed by atoms with Crippen LogP contribution in [-0.4, -0.2) is 94.9 Å². The summed E-state index contributed by atoms with van der Waals surface area (Å²) in [4.78, 5) is 71.4. The van der Waals surface area contributed by atoms with Gasteiger partial charge in [-0.15, -0.1) is 11.3 Å². The van der Waals surface area contributed by atoms with Crippen LogP contribution in [0.2, 0.25) is 0 Å². The summed E-state index contributed by atoms with van der Waals surface area (Å²) in [5, 5.41) is 20.9. The van der Waals surface area contributed by atoms with Crippen molar-refractivity contribution in [3.63, 3.8) is 0 Å². The molecule has 5 amide bonds. The molecule has 0 unspecified atom stereocenters. The van der Waals surface area contributed by atoms with E-state index in [-0.39, 0.29) is 57.3 Å². The van der Waals surface area contributed by atoms with Crippen LogP contribution >= 0.6 is 11.3 Å². The van der Waals surface area contributed by atoms with Crippen molar-refractivity contribution in [1.82, 2.24) is 25.8 Å². The van der Waals surface area contributed by atoms with E-state index in [0.717, 1.165) is 12.0 Å². The van der Waals surface area contributed by atoms with E-state index in [0.29, 0.717) is 12.8 Å². The number of thiophene rings is 1. The van der Waals surface area contributed by atoms with Crippen LogP contribution in [0.4, 0.5) is 0 Å². The van der Waals surface area contributed by atoms with E-state index in [4.69, 9.17) is 0 Å².